The molecule has 3 N–H and O–H groups in total. The first-order valence-corrected chi connectivity index (χ1v) is 8.47. The number of hydrogen-bond donors (Lipinski definition) is 2. The Bertz CT molecular complexity index is 886. The molecule has 4 rings (SSSR count). The van der Waals surface area contributed by atoms with E-state index in [0.717, 1.165) is 25.3 Å². The quantitative estimate of drug-likeness (QED) is 0.728. The second-order valence-corrected chi connectivity index (χ2v) is 6.26. The fraction of sp³-hybridized carbons (Fsp3) is 0.500. The molecule has 3 aromatic heterocycles. The third-order valence-corrected chi connectivity index (χ3v) is 4.54. The maximum absolute atomic E-state index is 6.00. The van der Waals surface area contributed by atoms with Gasteiger partial charge in [0.25, 0.3) is 0 Å². The van der Waals surface area contributed by atoms with Gasteiger partial charge in [0.2, 0.25) is 0 Å². The summed E-state index contributed by atoms with van der Waals surface area (Å²) in [6.45, 7) is 8.07. The third-order valence-electron chi connectivity index (χ3n) is 4.54. The Morgan fingerprint density at radius 2 is 2.28 bits per heavy atom. The lowest BCUT2D eigenvalue weighted by atomic mass is 10.2. The van der Waals surface area contributed by atoms with Crippen LogP contribution in [-0.4, -0.2) is 54.3 Å². The Labute approximate surface area is 145 Å². The topological polar surface area (TPSA) is 111 Å². The van der Waals surface area contributed by atoms with Crippen LogP contribution in [0.2, 0.25) is 0 Å². The van der Waals surface area contributed by atoms with Gasteiger partial charge in [-0.2, -0.15) is 5.10 Å². The summed E-state index contributed by atoms with van der Waals surface area (Å²) in [5.41, 5.74) is 9.55. The van der Waals surface area contributed by atoms with Crippen molar-refractivity contribution in [3.05, 3.63) is 29.6 Å². The highest BCUT2D eigenvalue weighted by atomic mass is 16.5. The normalized spacial score (nSPS) is 18.9. The highest BCUT2D eigenvalue weighted by molar-refractivity contribution is 5.80. The maximum atomic E-state index is 6.00. The lowest BCUT2D eigenvalue weighted by molar-refractivity contribution is -0.0370. The molecule has 1 atom stereocenters. The molecule has 1 aliphatic heterocycles. The van der Waals surface area contributed by atoms with Crippen LogP contribution < -0.4 is 5.73 Å². The van der Waals surface area contributed by atoms with Crippen LogP contribution in [0.4, 0.5) is 5.82 Å². The number of anilines is 1. The van der Waals surface area contributed by atoms with Gasteiger partial charge in [0.15, 0.2) is 17.3 Å². The van der Waals surface area contributed by atoms with Gasteiger partial charge in [0.1, 0.15) is 11.6 Å². The van der Waals surface area contributed by atoms with Crippen molar-refractivity contribution in [1.29, 1.82) is 0 Å². The van der Waals surface area contributed by atoms with Crippen molar-refractivity contribution in [2.45, 2.75) is 33.0 Å². The van der Waals surface area contributed by atoms with Crippen LogP contribution in [0.3, 0.4) is 0 Å². The minimum atomic E-state index is -0.210. The van der Waals surface area contributed by atoms with Gasteiger partial charge in [-0.25, -0.2) is 15.0 Å². The van der Waals surface area contributed by atoms with E-state index in [9.17, 15) is 0 Å². The van der Waals surface area contributed by atoms with E-state index in [2.05, 4.69) is 50.0 Å². The molecule has 3 aromatic rings. The molecule has 0 aliphatic carbocycles. The van der Waals surface area contributed by atoms with Crippen LogP contribution in [0.1, 0.15) is 30.1 Å². The van der Waals surface area contributed by atoms with Crippen LogP contribution in [-0.2, 0) is 17.8 Å². The number of hydrogen-bond acceptors (Lipinski definition) is 7. The molecule has 1 unspecified atom stereocenters. The van der Waals surface area contributed by atoms with Crippen LogP contribution in [0.5, 0.6) is 0 Å². The molecule has 0 aromatic carbocycles. The first-order chi connectivity index (χ1) is 12.1. The van der Waals surface area contributed by atoms with Gasteiger partial charge in [0.05, 0.1) is 18.6 Å². The standard InChI is InChI=1S/C16H22N8O/c1-3-24-7-11(10(2)22-24)6-23-4-5-25-12(8-23)15-20-14(17)13-16(21-15)19-9-18-13/h7,9,12H,3-6,8H2,1-2H3,(H3,17,18,19,20,21). The average Bonchev–Trinajstić information content (AvgIpc) is 3.22. The van der Waals surface area contributed by atoms with Gasteiger partial charge in [-0.1, -0.05) is 0 Å². The van der Waals surface area contributed by atoms with Crippen molar-refractivity contribution in [2.24, 2.45) is 0 Å². The summed E-state index contributed by atoms with van der Waals surface area (Å²) in [5.74, 6) is 0.987. The molecule has 9 nitrogen and oxygen atoms in total. The van der Waals surface area contributed by atoms with Crippen molar-refractivity contribution in [1.82, 2.24) is 34.6 Å². The fourth-order valence-electron chi connectivity index (χ4n) is 3.14. The number of nitrogens with two attached hydrogens (primary N) is 1. The van der Waals surface area contributed by atoms with E-state index in [4.69, 9.17) is 10.5 Å². The summed E-state index contributed by atoms with van der Waals surface area (Å²) in [7, 11) is 0. The Morgan fingerprint density at radius 3 is 3.08 bits per heavy atom. The lowest BCUT2D eigenvalue weighted by Crippen LogP contribution is -2.38. The number of aryl methyl sites for hydroxylation is 2. The number of aromatic nitrogens is 6. The molecule has 1 saturated heterocycles. The highest BCUT2D eigenvalue weighted by Gasteiger charge is 2.26. The maximum Gasteiger partial charge on any atom is 0.183 e. The van der Waals surface area contributed by atoms with Crippen molar-refractivity contribution < 1.29 is 4.74 Å². The third kappa shape index (κ3) is 3.08. The monoisotopic (exact) mass is 342 g/mol. The molecular formula is C16H22N8O. The number of nitrogens with zero attached hydrogens (tertiary/aromatic N) is 6. The summed E-state index contributed by atoms with van der Waals surface area (Å²) in [5, 5.41) is 4.52. The van der Waals surface area contributed by atoms with Crippen LogP contribution in [0.25, 0.3) is 11.2 Å². The Kier molecular flexibility index (Phi) is 4.10. The van der Waals surface area contributed by atoms with Crippen molar-refractivity contribution in [2.75, 3.05) is 25.4 Å². The zero-order valence-electron chi connectivity index (χ0n) is 14.4. The number of fused-ring (bicyclic) bond motifs is 1. The molecule has 0 saturated carbocycles. The number of aromatic amines is 1. The van der Waals surface area contributed by atoms with Crippen LogP contribution in [0.15, 0.2) is 12.5 Å². The largest absolute Gasteiger partial charge is 0.382 e. The van der Waals surface area contributed by atoms with E-state index in [1.54, 1.807) is 6.33 Å². The molecule has 25 heavy (non-hydrogen) atoms. The number of rotatable bonds is 4. The van der Waals surface area contributed by atoms with Crippen LogP contribution >= 0.6 is 0 Å². The predicted molar refractivity (Wildman–Crippen MR) is 92.7 cm³/mol. The number of imidazole rings is 1. The summed E-state index contributed by atoms with van der Waals surface area (Å²) < 4.78 is 7.86. The summed E-state index contributed by atoms with van der Waals surface area (Å²) >= 11 is 0. The van der Waals surface area contributed by atoms with E-state index in [1.165, 1.54) is 5.56 Å². The summed E-state index contributed by atoms with van der Waals surface area (Å²) in [4.78, 5) is 18.4. The molecule has 0 radical (unpaired) electrons. The van der Waals surface area contributed by atoms with E-state index < -0.39 is 0 Å². The second kappa shape index (κ2) is 6.41. The number of nitrogen functional groups attached to an aromatic ring is 1. The predicted octanol–water partition coefficient (Wildman–Crippen LogP) is 1.03. The van der Waals surface area contributed by atoms with Crippen molar-refractivity contribution in [3.63, 3.8) is 0 Å². The molecule has 4 heterocycles. The SMILES string of the molecule is CCn1cc(CN2CCOC(c3nc(N)c4[nH]cnc4n3)C2)c(C)n1. The van der Waals surface area contributed by atoms with E-state index in [-0.39, 0.29) is 6.10 Å². The summed E-state index contributed by atoms with van der Waals surface area (Å²) in [6, 6.07) is 0. The Morgan fingerprint density at radius 1 is 1.40 bits per heavy atom. The van der Waals surface area contributed by atoms with Gasteiger partial charge < -0.3 is 15.5 Å². The molecule has 1 aliphatic rings. The number of nitrogens with one attached hydrogen (secondary N) is 1. The molecule has 132 valence electrons. The minimum absolute atomic E-state index is 0.210. The van der Waals surface area contributed by atoms with E-state index >= 15 is 0 Å². The second-order valence-electron chi connectivity index (χ2n) is 6.26. The molecule has 9 heteroatoms. The van der Waals surface area contributed by atoms with Crippen molar-refractivity contribution in [3.8, 4) is 0 Å². The molecular weight excluding hydrogens is 320 g/mol. The van der Waals surface area contributed by atoms with Gasteiger partial charge in [0, 0.05) is 37.9 Å². The first-order valence-electron chi connectivity index (χ1n) is 8.47. The Hall–Kier alpha value is -2.52. The molecule has 0 bridgehead atoms. The Balaban J connectivity index is 1.52. The van der Waals surface area contributed by atoms with E-state index in [0.29, 0.717) is 36.0 Å². The number of H-pyrrole nitrogens is 1. The van der Waals surface area contributed by atoms with E-state index in [1.807, 2.05) is 4.68 Å². The zero-order chi connectivity index (χ0) is 17.4. The van der Waals surface area contributed by atoms with Crippen LogP contribution in [0, 0.1) is 6.92 Å². The number of ether oxygens (including phenoxy) is 1. The minimum Gasteiger partial charge on any atom is -0.382 e. The number of morpholine rings is 1. The molecule has 0 amide bonds. The fourth-order valence-corrected chi connectivity index (χ4v) is 3.14. The summed E-state index contributed by atoms with van der Waals surface area (Å²) in [6.07, 6.45) is 3.48. The average molecular weight is 342 g/mol. The van der Waals surface area contributed by atoms with Gasteiger partial charge in [-0.3, -0.25) is 9.58 Å². The van der Waals surface area contributed by atoms with Gasteiger partial charge >= 0.3 is 0 Å². The van der Waals surface area contributed by atoms with Crippen molar-refractivity contribution >= 4 is 17.0 Å². The van der Waals surface area contributed by atoms with Gasteiger partial charge in [-0.15, -0.1) is 0 Å². The first kappa shape index (κ1) is 16.0. The molecule has 0 spiro atoms. The lowest BCUT2D eigenvalue weighted by Gasteiger charge is -2.32. The molecule has 1 fully saturated rings. The zero-order valence-corrected chi connectivity index (χ0v) is 14.4. The smallest absolute Gasteiger partial charge is 0.183 e. The van der Waals surface area contributed by atoms with Gasteiger partial charge in [-0.05, 0) is 13.8 Å². The highest BCUT2D eigenvalue weighted by Crippen LogP contribution is 2.24.